The number of hydrogen-bond acceptors (Lipinski definition) is 3. The first-order valence-electron chi connectivity index (χ1n) is 21.3. The lowest BCUT2D eigenvalue weighted by Gasteiger charge is -2.22. The van der Waals surface area contributed by atoms with E-state index in [2.05, 4.69) is 214 Å². The monoisotopic (exact) mass is 808 g/mol. The van der Waals surface area contributed by atoms with Gasteiger partial charge in [-0.3, -0.25) is 0 Å². The van der Waals surface area contributed by atoms with E-state index in [1.807, 2.05) is 17.4 Å². The van der Waals surface area contributed by atoms with Crippen LogP contribution < -0.4 is 0 Å². The van der Waals surface area contributed by atoms with E-state index in [-0.39, 0.29) is 5.41 Å². The van der Waals surface area contributed by atoms with Crippen LogP contribution in [0.25, 0.3) is 109 Å². The molecule has 292 valence electrons. The van der Waals surface area contributed by atoms with Gasteiger partial charge in [-0.25, -0.2) is 9.97 Å². The molecule has 0 atom stereocenters. The average Bonchev–Trinajstić information content (AvgIpc) is 3.82. The molecule has 0 N–H and O–H groups in total. The lowest BCUT2D eigenvalue weighted by atomic mass is 9.81. The highest BCUT2D eigenvalue weighted by Crippen LogP contribution is 2.49. The molecular formula is C59H40N2S. The summed E-state index contributed by atoms with van der Waals surface area (Å²) >= 11 is 1.85. The van der Waals surface area contributed by atoms with Gasteiger partial charge in [-0.1, -0.05) is 172 Å². The van der Waals surface area contributed by atoms with E-state index in [4.69, 9.17) is 9.97 Å². The maximum atomic E-state index is 5.33. The molecule has 0 bridgehead atoms. The Balaban J connectivity index is 1.00. The fourth-order valence-corrected chi connectivity index (χ4v) is 10.7. The third kappa shape index (κ3) is 6.08. The zero-order chi connectivity index (χ0) is 41.4. The average molecular weight is 809 g/mol. The Bertz CT molecular complexity index is 3540. The van der Waals surface area contributed by atoms with Crippen molar-refractivity contribution in [2.75, 3.05) is 0 Å². The second-order valence-corrected chi connectivity index (χ2v) is 18.1. The van der Waals surface area contributed by atoms with E-state index in [1.165, 1.54) is 75.5 Å². The first-order chi connectivity index (χ1) is 30.4. The van der Waals surface area contributed by atoms with Gasteiger partial charge in [-0.15, -0.1) is 11.3 Å². The Labute approximate surface area is 365 Å². The van der Waals surface area contributed by atoms with Crippen LogP contribution in [0.4, 0.5) is 0 Å². The molecule has 2 nitrogen and oxygen atoms in total. The molecule has 0 saturated carbocycles. The van der Waals surface area contributed by atoms with Crippen molar-refractivity contribution in [2.45, 2.75) is 19.3 Å². The molecule has 3 heteroatoms. The van der Waals surface area contributed by atoms with Gasteiger partial charge in [-0.2, -0.15) is 0 Å². The largest absolute Gasteiger partial charge is 0.228 e. The maximum absolute atomic E-state index is 5.33. The Hall–Kier alpha value is -7.46. The third-order valence-electron chi connectivity index (χ3n) is 12.9. The van der Waals surface area contributed by atoms with E-state index in [9.17, 15) is 0 Å². The standard InChI is InChI=1S/C59H40N2S/c1-59(2)52-21-10-8-18-48(52)49-29-27-42(35-53(49)59)37-23-25-39(26-24-37)54-36-55(61-58(60-54)40-14-4-3-5-15-40)45-32-43(31-44(33-45)47-20-12-16-38-13-6-7-17-46(38)47)41-28-30-57-51(34-41)50-19-9-11-22-56(50)62-57/h3-36H,1-2H3. The summed E-state index contributed by atoms with van der Waals surface area (Å²) in [5.74, 6) is 0.700. The quantitative estimate of drug-likeness (QED) is 0.167. The van der Waals surface area contributed by atoms with E-state index in [1.54, 1.807) is 0 Å². The second-order valence-electron chi connectivity index (χ2n) is 17.0. The molecule has 0 radical (unpaired) electrons. The molecule has 0 unspecified atom stereocenters. The van der Waals surface area contributed by atoms with Gasteiger partial charge in [0, 0.05) is 42.3 Å². The molecule has 1 aliphatic rings. The minimum absolute atomic E-state index is 0.0527. The van der Waals surface area contributed by atoms with E-state index >= 15 is 0 Å². The molecule has 0 spiro atoms. The van der Waals surface area contributed by atoms with Crippen molar-refractivity contribution in [1.29, 1.82) is 0 Å². The maximum Gasteiger partial charge on any atom is 0.160 e. The molecule has 62 heavy (non-hydrogen) atoms. The molecular weight excluding hydrogens is 769 g/mol. The molecule has 0 aliphatic heterocycles. The van der Waals surface area contributed by atoms with Crippen molar-refractivity contribution >= 4 is 42.3 Å². The molecule has 2 aromatic heterocycles. The van der Waals surface area contributed by atoms with E-state index in [0.717, 1.165) is 39.2 Å². The molecule has 1 aliphatic carbocycles. The van der Waals surface area contributed by atoms with Gasteiger partial charge in [0.2, 0.25) is 0 Å². The smallest absolute Gasteiger partial charge is 0.160 e. The topological polar surface area (TPSA) is 25.8 Å². The van der Waals surface area contributed by atoms with Crippen LogP contribution in [0.2, 0.25) is 0 Å². The predicted molar refractivity (Wildman–Crippen MR) is 263 cm³/mol. The summed E-state index contributed by atoms with van der Waals surface area (Å²) in [6.45, 7) is 4.68. The molecule has 0 amide bonds. The van der Waals surface area contributed by atoms with Gasteiger partial charge in [0.15, 0.2) is 5.82 Å². The van der Waals surface area contributed by atoms with E-state index in [0.29, 0.717) is 5.82 Å². The van der Waals surface area contributed by atoms with Gasteiger partial charge in [0.05, 0.1) is 11.4 Å². The Morgan fingerprint density at radius 2 is 0.935 bits per heavy atom. The fourth-order valence-electron chi connectivity index (χ4n) is 9.66. The van der Waals surface area contributed by atoms with E-state index < -0.39 is 0 Å². The van der Waals surface area contributed by atoms with Gasteiger partial charge in [-0.05, 0) is 115 Å². The summed E-state index contributed by atoms with van der Waals surface area (Å²) in [7, 11) is 0. The highest BCUT2D eigenvalue weighted by molar-refractivity contribution is 7.25. The van der Waals surface area contributed by atoms with Crippen molar-refractivity contribution in [3.05, 3.63) is 217 Å². The highest BCUT2D eigenvalue weighted by Gasteiger charge is 2.35. The number of fused-ring (bicyclic) bond motifs is 7. The second kappa shape index (κ2) is 14.3. The van der Waals surface area contributed by atoms with Crippen LogP contribution in [-0.2, 0) is 5.41 Å². The first kappa shape index (κ1) is 36.4. The van der Waals surface area contributed by atoms with Crippen LogP contribution in [0.5, 0.6) is 0 Å². The number of benzene rings is 9. The summed E-state index contributed by atoms with van der Waals surface area (Å²) in [5, 5.41) is 5.02. The number of hydrogen-bond donors (Lipinski definition) is 0. The van der Waals surface area contributed by atoms with Gasteiger partial charge in [0.25, 0.3) is 0 Å². The minimum atomic E-state index is -0.0527. The molecule has 11 aromatic rings. The molecule has 12 rings (SSSR count). The van der Waals surface area contributed by atoms with Crippen LogP contribution in [-0.4, -0.2) is 9.97 Å². The Kier molecular flexibility index (Phi) is 8.41. The van der Waals surface area contributed by atoms with Gasteiger partial charge < -0.3 is 0 Å². The number of nitrogens with zero attached hydrogens (tertiary/aromatic N) is 2. The molecule has 0 saturated heterocycles. The fraction of sp³-hybridized carbons (Fsp3) is 0.0508. The molecule has 0 fully saturated rings. The number of thiophene rings is 1. The summed E-state index contributed by atoms with van der Waals surface area (Å²) < 4.78 is 2.60. The lowest BCUT2D eigenvalue weighted by Crippen LogP contribution is -2.14. The van der Waals surface area contributed by atoms with Crippen LogP contribution in [0.1, 0.15) is 25.0 Å². The number of rotatable bonds is 6. The van der Waals surface area contributed by atoms with Crippen molar-refractivity contribution in [3.63, 3.8) is 0 Å². The predicted octanol–water partition coefficient (Wildman–Crippen LogP) is 16.3. The minimum Gasteiger partial charge on any atom is -0.228 e. The molecule has 2 heterocycles. The van der Waals surface area contributed by atoms with Crippen LogP contribution in [0, 0.1) is 0 Å². The number of aromatic nitrogens is 2. The first-order valence-corrected chi connectivity index (χ1v) is 22.1. The molecule has 9 aromatic carbocycles. The van der Waals surface area contributed by atoms with Crippen LogP contribution >= 0.6 is 11.3 Å². The zero-order valence-corrected chi connectivity index (χ0v) is 35.2. The Morgan fingerprint density at radius 1 is 0.339 bits per heavy atom. The lowest BCUT2D eigenvalue weighted by molar-refractivity contribution is 0.660. The van der Waals surface area contributed by atoms with Gasteiger partial charge in [0.1, 0.15) is 0 Å². The van der Waals surface area contributed by atoms with Crippen molar-refractivity contribution in [2.24, 2.45) is 0 Å². The highest BCUT2D eigenvalue weighted by atomic mass is 32.1. The summed E-state index contributed by atoms with van der Waals surface area (Å²) in [5.41, 5.74) is 17.3. The summed E-state index contributed by atoms with van der Waals surface area (Å²) in [4.78, 5) is 10.6. The van der Waals surface area contributed by atoms with Crippen molar-refractivity contribution in [1.82, 2.24) is 9.97 Å². The zero-order valence-electron chi connectivity index (χ0n) is 34.4. The van der Waals surface area contributed by atoms with Crippen LogP contribution in [0.15, 0.2) is 206 Å². The van der Waals surface area contributed by atoms with Crippen LogP contribution in [0.3, 0.4) is 0 Å². The summed E-state index contributed by atoms with van der Waals surface area (Å²) in [6.07, 6.45) is 0. The van der Waals surface area contributed by atoms with Crippen molar-refractivity contribution in [3.8, 4) is 78.4 Å². The van der Waals surface area contributed by atoms with Crippen molar-refractivity contribution < 1.29 is 0 Å². The normalized spacial score (nSPS) is 12.8. The Morgan fingerprint density at radius 3 is 1.81 bits per heavy atom. The summed E-state index contributed by atoms with van der Waals surface area (Å²) in [6, 6.07) is 75.0. The SMILES string of the molecule is CC1(C)c2ccccc2-c2ccc(-c3ccc(-c4cc(-c5cc(-c6ccc7sc8ccccc8c7c6)cc(-c6cccc7ccccc67)c5)nc(-c5ccccc5)n4)cc3)cc21. The third-order valence-corrected chi connectivity index (χ3v) is 14.0. The van der Waals surface area contributed by atoms with Gasteiger partial charge >= 0.3 is 0 Å².